The molecule has 1 amide bonds. The van der Waals surface area contributed by atoms with Crippen molar-refractivity contribution in [3.05, 3.63) is 58.3 Å². The lowest BCUT2D eigenvalue weighted by atomic mass is 9.88. The molecule has 4 nitrogen and oxygen atoms in total. The van der Waals surface area contributed by atoms with E-state index in [9.17, 15) is 4.79 Å². The van der Waals surface area contributed by atoms with Crippen LogP contribution in [0.1, 0.15) is 39.2 Å². The van der Waals surface area contributed by atoms with Gasteiger partial charge in [0.1, 0.15) is 5.82 Å². The monoisotopic (exact) mass is 295 g/mol. The van der Waals surface area contributed by atoms with Crippen LogP contribution in [0.2, 0.25) is 0 Å². The van der Waals surface area contributed by atoms with Crippen molar-refractivity contribution in [2.45, 2.75) is 39.2 Å². The second kappa shape index (κ2) is 5.79. The Labute approximate surface area is 130 Å². The van der Waals surface area contributed by atoms with E-state index in [4.69, 9.17) is 5.73 Å². The van der Waals surface area contributed by atoms with Crippen molar-refractivity contribution in [3.63, 3.8) is 0 Å². The molecule has 1 aliphatic rings. The SMILES string of the molecule is Cc1cc(C)c(C(=O)N[C@H]2CCc3ccccc3C2)c(N)n1. The van der Waals surface area contributed by atoms with Gasteiger partial charge in [0.2, 0.25) is 0 Å². The molecule has 0 aliphatic heterocycles. The third-order valence-electron chi connectivity index (χ3n) is 4.28. The van der Waals surface area contributed by atoms with Gasteiger partial charge in [0, 0.05) is 11.7 Å². The number of benzene rings is 1. The molecule has 0 saturated heterocycles. The van der Waals surface area contributed by atoms with Crippen LogP contribution in [0.15, 0.2) is 30.3 Å². The van der Waals surface area contributed by atoms with Gasteiger partial charge < -0.3 is 11.1 Å². The van der Waals surface area contributed by atoms with Gasteiger partial charge in [-0.05, 0) is 55.9 Å². The molecule has 114 valence electrons. The highest BCUT2D eigenvalue weighted by atomic mass is 16.1. The molecule has 1 atom stereocenters. The number of fused-ring (bicyclic) bond motifs is 1. The highest BCUT2D eigenvalue weighted by molar-refractivity contribution is 6.00. The quantitative estimate of drug-likeness (QED) is 0.894. The molecule has 1 aromatic carbocycles. The molecule has 1 heterocycles. The summed E-state index contributed by atoms with van der Waals surface area (Å²) in [5, 5.41) is 3.12. The topological polar surface area (TPSA) is 68.0 Å². The van der Waals surface area contributed by atoms with Gasteiger partial charge in [-0.1, -0.05) is 24.3 Å². The van der Waals surface area contributed by atoms with Crippen LogP contribution < -0.4 is 11.1 Å². The van der Waals surface area contributed by atoms with Gasteiger partial charge in [-0.15, -0.1) is 0 Å². The average Bonchev–Trinajstić information content (AvgIpc) is 2.46. The average molecular weight is 295 g/mol. The summed E-state index contributed by atoms with van der Waals surface area (Å²) in [4.78, 5) is 16.7. The molecule has 1 aliphatic carbocycles. The van der Waals surface area contributed by atoms with Crippen molar-refractivity contribution >= 4 is 11.7 Å². The molecule has 0 spiro atoms. The summed E-state index contributed by atoms with van der Waals surface area (Å²) >= 11 is 0. The lowest BCUT2D eigenvalue weighted by Crippen LogP contribution is -2.39. The van der Waals surface area contributed by atoms with Gasteiger partial charge in [-0.3, -0.25) is 4.79 Å². The fourth-order valence-electron chi connectivity index (χ4n) is 3.24. The second-order valence-corrected chi connectivity index (χ2v) is 6.02. The number of aryl methyl sites for hydroxylation is 3. The van der Waals surface area contributed by atoms with Crippen LogP contribution in [0.5, 0.6) is 0 Å². The molecule has 0 bridgehead atoms. The molecular formula is C18H21N3O. The normalized spacial score (nSPS) is 16.9. The molecule has 0 saturated carbocycles. The van der Waals surface area contributed by atoms with E-state index in [1.54, 1.807) is 0 Å². The third kappa shape index (κ3) is 2.82. The molecule has 22 heavy (non-hydrogen) atoms. The Morgan fingerprint density at radius 3 is 2.73 bits per heavy atom. The molecule has 0 radical (unpaired) electrons. The molecule has 4 heteroatoms. The summed E-state index contributed by atoms with van der Waals surface area (Å²) in [6.45, 7) is 3.78. The number of hydrogen-bond donors (Lipinski definition) is 2. The van der Waals surface area contributed by atoms with E-state index in [-0.39, 0.29) is 11.9 Å². The molecule has 3 rings (SSSR count). The van der Waals surface area contributed by atoms with Crippen molar-refractivity contribution < 1.29 is 4.79 Å². The van der Waals surface area contributed by atoms with Crippen molar-refractivity contribution in [3.8, 4) is 0 Å². The molecular weight excluding hydrogens is 274 g/mol. The minimum absolute atomic E-state index is 0.119. The predicted molar refractivity (Wildman–Crippen MR) is 87.8 cm³/mol. The van der Waals surface area contributed by atoms with Crippen LogP contribution in [-0.4, -0.2) is 16.9 Å². The van der Waals surface area contributed by atoms with Crippen LogP contribution >= 0.6 is 0 Å². The highest BCUT2D eigenvalue weighted by Gasteiger charge is 2.22. The number of nitrogens with one attached hydrogen (secondary N) is 1. The Morgan fingerprint density at radius 1 is 1.27 bits per heavy atom. The fraction of sp³-hybridized carbons (Fsp3) is 0.333. The van der Waals surface area contributed by atoms with Gasteiger partial charge in [0.25, 0.3) is 5.91 Å². The van der Waals surface area contributed by atoms with Crippen molar-refractivity contribution in [1.29, 1.82) is 0 Å². The summed E-state index contributed by atoms with van der Waals surface area (Å²) < 4.78 is 0. The zero-order valence-corrected chi connectivity index (χ0v) is 13.0. The lowest BCUT2D eigenvalue weighted by molar-refractivity contribution is 0.0933. The van der Waals surface area contributed by atoms with E-state index in [0.29, 0.717) is 11.4 Å². The standard InChI is InChI=1S/C18H21N3O/c1-11-9-12(2)20-17(19)16(11)18(22)21-15-8-7-13-5-3-4-6-14(13)10-15/h3-6,9,15H,7-8,10H2,1-2H3,(H2,19,20)(H,21,22)/t15-/m0/s1. The first-order valence-electron chi connectivity index (χ1n) is 7.66. The van der Waals surface area contributed by atoms with E-state index in [1.807, 2.05) is 19.9 Å². The minimum atomic E-state index is -0.119. The van der Waals surface area contributed by atoms with Gasteiger partial charge in [0.15, 0.2) is 0 Å². The Kier molecular flexibility index (Phi) is 3.84. The maximum Gasteiger partial charge on any atom is 0.255 e. The van der Waals surface area contributed by atoms with Crippen LogP contribution in [-0.2, 0) is 12.8 Å². The Bertz CT molecular complexity index is 701. The second-order valence-electron chi connectivity index (χ2n) is 6.02. The van der Waals surface area contributed by atoms with Gasteiger partial charge in [-0.2, -0.15) is 0 Å². The predicted octanol–water partition coefficient (Wildman–Crippen LogP) is 2.57. The first-order valence-corrected chi connectivity index (χ1v) is 7.66. The minimum Gasteiger partial charge on any atom is -0.383 e. The first kappa shape index (κ1) is 14.6. The molecule has 2 aromatic rings. The first-order chi connectivity index (χ1) is 10.5. The maximum absolute atomic E-state index is 12.5. The number of nitrogen functional groups attached to an aromatic ring is 1. The number of carbonyl (C=O) groups excluding carboxylic acids is 1. The van der Waals surface area contributed by atoms with Crippen LogP contribution in [0.25, 0.3) is 0 Å². The van der Waals surface area contributed by atoms with E-state index in [2.05, 4.69) is 34.6 Å². The number of amides is 1. The van der Waals surface area contributed by atoms with Crippen molar-refractivity contribution in [2.75, 3.05) is 5.73 Å². The van der Waals surface area contributed by atoms with Crippen LogP contribution in [0.3, 0.4) is 0 Å². The Morgan fingerprint density at radius 2 is 2.00 bits per heavy atom. The van der Waals surface area contributed by atoms with E-state index in [0.717, 1.165) is 30.5 Å². The summed E-state index contributed by atoms with van der Waals surface area (Å²) in [5.74, 6) is 0.193. The van der Waals surface area contributed by atoms with E-state index in [1.165, 1.54) is 11.1 Å². The maximum atomic E-state index is 12.5. The molecule has 0 fully saturated rings. The largest absolute Gasteiger partial charge is 0.383 e. The summed E-state index contributed by atoms with van der Waals surface area (Å²) in [6.07, 6.45) is 2.84. The smallest absolute Gasteiger partial charge is 0.255 e. The van der Waals surface area contributed by atoms with E-state index >= 15 is 0 Å². The molecule has 1 aromatic heterocycles. The number of nitrogens with two attached hydrogens (primary N) is 1. The van der Waals surface area contributed by atoms with Gasteiger partial charge >= 0.3 is 0 Å². The van der Waals surface area contributed by atoms with Gasteiger partial charge in [-0.25, -0.2) is 4.98 Å². The van der Waals surface area contributed by atoms with Crippen LogP contribution in [0, 0.1) is 13.8 Å². The Hall–Kier alpha value is -2.36. The zero-order chi connectivity index (χ0) is 15.7. The number of pyridine rings is 1. The van der Waals surface area contributed by atoms with Crippen molar-refractivity contribution in [2.24, 2.45) is 0 Å². The number of hydrogen-bond acceptors (Lipinski definition) is 3. The third-order valence-corrected chi connectivity index (χ3v) is 4.28. The highest BCUT2D eigenvalue weighted by Crippen LogP contribution is 2.22. The number of aromatic nitrogens is 1. The van der Waals surface area contributed by atoms with Crippen molar-refractivity contribution in [1.82, 2.24) is 10.3 Å². The zero-order valence-electron chi connectivity index (χ0n) is 13.0. The summed E-state index contributed by atoms with van der Waals surface area (Å²) in [6, 6.07) is 10.5. The summed E-state index contributed by atoms with van der Waals surface area (Å²) in [7, 11) is 0. The lowest BCUT2D eigenvalue weighted by Gasteiger charge is -2.26. The number of anilines is 1. The fourth-order valence-corrected chi connectivity index (χ4v) is 3.24. The van der Waals surface area contributed by atoms with Gasteiger partial charge in [0.05, 0.1) is 5.56 Å². The molecule has 0 unspecified atom stereocenters. The van der Waals surface area contributed by atoms with E-state index < -0.39 is 0 Å². The van der Waals surface area contributed by atoms with Crippen LogP contribution in [0.4, 0.5) is 5.82 Å². The number of rotatable bonds is 2. The Balaban J connectivity index is 1.76. The summed E-state index contributed by atoms with van der Waals surface area (Å²) in [5.41, 5.74) is 10.9. The number of nitrogens with zero attached hydrogens (tertiary/aromatic N) is 1. The molecule has 3 N–H and O–H groups in total. The number of carbonyl (C=O) groups is 1.